The monoisotopic (exact) mass is 187 g/mol. The fourth-order valence-corrected chi connectivity index (χ4v) is 1.42. The Labute approximate surface area is 83.4 Å². The highest BCUT2D eigenvalue weighted by molar-refractivity contribution is 5.14. The third-order valence-corrected chi connectivity index (χ3v) is 2.26. The van der Waals surface area contributed by atoms with Crippen molar-refractivity contribution in [3.8, 4) is 0 Å². The smallest absolute Gasteiger partial charge is 0.138 e. The summed E-state index contributed by atoms with van der Waals surface area (Å²) in [6.45, 7) is 2.87. The highest BCUT2D eigenvalue weighted by atomic mass is 15.3. The van der Waals surface area contributed by atoms with Crippen molar-refractivity contribution in [3.63, 3.8) is 0 Å². The Morgan fingerprint density at radius 3 is 2.64 bits per heavy atom. The summed E-state index contributed by atoms with van der Waals surface area (Å²) in [5, 5.41) is 4.14. The van der Waals surface area contributed by atoms with Gasteiger partial charge in [-0.2, -0.15) is 5.10 Å². The van der Waals surface area contributed by atoms with Crippen molar-refractivity contribution in [2.24, 2.45) is 0 Å². The highest BCUT2D eigenvalue weighted by Crippen LogP contribution is 2.01. The molecule has 0 bridgehead atoms. The molecule has 1 aromatic heterocycles. The summed E-state index contributed by atoms with van der Waals surface area (Å²) in [7, 11) is 0. The van der Waals surface area contributed by atoms with Crippen LogP contribution in [0.5, 0.6) is 0 Å². The molecule has 1 aromatic carbocycles. The molecule has 0 spiro atoms. The number of hydrogen-bond donors (Lipinski definition) is 0. The molecule has 0 saturated heterocycles. The van der Waals surface area contributed by atoms with Crippen molar-refractivity contribution in [2.45, 2.75) is 19.9 Å². The molecule has 0 aliphatic carbocycles. The molecule has 0 radical (unpaired) electrons. The first-order valence-corrected chi connectivity index (χ1v) is 4.74. The maximum Gasteiger partial charge on any atom is 0.138 e. The van der Waals surface area contributed by atoms with E-state index in [0.717, 1.165) is 18.8 Å². The molecule has 3 nitrogen and oxygen atoms in total. The normalized spacial score (nSPS) is 10.4. The molecule has 3 heteroatoms. The molecule has 0 aliphatic rings. The van der Waals surface area contributed by atoms with Crippen LogP contribution in [0.25, 0.3) is 0 Å². The second-order valence-corrected chi connectivity index (χ2v) is 3.27. The van der Waals surface area contributed by atoms with Crippen LogP contribution < -0.4 is 0 Å². The van der Waals surface area contributed by atoms with Crippen LogP contribution in [-0.2, 0) is 13.0 Å². The van der Waals surface area contributed by atoms with Crippen molar-refractivity contribution in [2.75, 3.05) is 0 Å². The standard InChI is InChI=1S/C11H13N3/c1-10-12-9-13-14(10)8-7-11-5-3-2-4-6-11/h2-6,9H,7-8H2,1H3. The molecule has 0 amide bonds. The zero-order valence-corrected chi connectivity index (χ0v) is 8.22. The predicted octanol–water partition coefficient (Wildman–Crippen LogP) is 1.83. The van der Waals surface area contributed by atoms with Crippen LogP contribution in [0.2, 0.25) is 0 Å². The molecular weight excluding hydrogens is 174 g/mol. The van der Waals surface area contributed by atoms with Crippen LogP contribution in [-0.4, -0.2) is 14.8 Å². The summed E-state index contributed by atoms with van der Waals surface area (Å²) in [6.07, 6.45) is 2.60. The van der Waals surface area contributed by atoms with Crippen LogP contribution in [0.3, 0.4) is 0 Å². The van der Waals surface area contributed by atoms with Crippen molar-refractivity contribution in [1.82, 2.24) is 14.8 Å². The molecule has 2 rings (SSSR count). The second-order valence-electron chi connectivity index (χ2n) is 3.27. The maximum absolute atomic E-state index is 4.14. The zero-order chi connectivity index (χ0) is 9.80. The topological polar surface area (TPSA) is 30.7 Å². The molecule has 0 atom stereocenters. The lowest BCUT2D eigenvalue weighted by Gasteiger charge is -2.02. The number of aryl methyl sites for hydroxylation is 3. The van der Waals surface area contributed by atoms with E-state index >= 15 is 0 Å². The van der Waals surface area contributed by atoms with E-state index in [1.54, 1.807) is 6.33 Å². The van der Waals surface area contributed by atoms with Gasteiger partial charge in [-0.05, 0) is 18.9 Å². The van der Waals surface area contributed by atoms with Crippen molar-refractivity contribution in [1.29, 1.82) is 0 Å². The van der Waals surface area contributed by atoms with Crippen LogP contribution in [0.1, 0.15) is 11.4 Å². The Morgan fingerprint density at radius 1 is 1.21 bits per heavy atom. The molecule has 0 saturated carbocycles. The Balaban J connectivity index is 1.99. The van der Waals surface area contributed by atoms with Crippen LogP contribution in [0, 0.1) is 6.92 Å². The van der Waals surface area contributed by atoms with E-state index in [1.807, 2.05) is 17.7 Å². The average Bonchev–Trinajstić information content (AvgIpc) is 2.63. The maximum atomic E-state index is 4.14. The highest BCUT2D eigenvalue weighted by Gasteiger charge is 1.98. The first-order chi connectivity index (χ1) is 6.86. The van der Waals surface area contributed by atoms with E-state index < -0.39 is 0 Å². The SMILES string of the molecule is Cc1ncnn1CCc1ccccc1. The second kappa shape index (κ2) is 4.05. The Morgan fingerprint density at radius 2 is 2.00 bits per heavy atom. The molecule has 2 aromatic rings. The van der Waals surface area contributed by atoms with Gasteiger partial charge in [0, 0.05) is 6.54 Å². The van der Waals surface area contributed by atoms with Crippen LogP contribution in [0.15, 0.2) is 36.7 Å². The van der Waals surface area contributed by atoms with E-state index in [2.05, 4.69) is 34.3 Å². The quantitative estimate of drug-likeness (QED) is 0.734. The minimum Gasteiger partial charge on any atom is -0.250 e. The number of nitrogens with zero attached hydrogens (tertiary/aromatic N) is 3. The molecule has 0 aliphatic heterocycles. The van der Waals surface area contributed by atoms with Gasteiger partial charge >= 0.3 is 0 Å². The third kappa shape index (κ3) is 1.99. The summed E-state index contributed by atoms with van der Waals surface area (Å²) in [4.78, 5) is 4.08. The summed E-state index contributed by atoms with van der Waals surface area (Å²) in [5.74, 6) is 0.973. The van der Waals surface area contributed by atoms with Gasteiger partial charge in [0.1, 0.15) is 12.2 Å². The fourth-order valence-electron chi connectivity index (χ4n) is 1.42. The van der Waals surface area contributed by atoms with Gasteiger partial charge in [-0.15, -0.1) is 0 Å². The fraction of sp³-hybridized carbons (Fsp3) is 0.273. The van der Waals surface area contributed by atoms with E-state index in [-0.39, 0.29) is 0 Å². The summed E-state index contributed by atoms with van der Waals surface area (Å²) in [5.41, 5.74) is 1.34. The van der Waals surface area contributed by atoms with Gasteiger partial charge in [-0.25, -0.2) is 4.98 Å². The molecule has 0 unspecified atom stereocenters. The van der Waals surface area contributed by atoms with E-state index in [0.29, 0.717) is 0 Å². The Bertz CT molecular complexity index is 392. The van der Waals surface area contributed by atoms with Gasteiger partial charge in [0.2, 0.25) is 0 Å². The minimum absolute atomic E-state index is 0.899. The van der Waals surface area contributed by atoms with Gasteiger partial charge in [0.15, 0.2) is 0 Å². The van der Waals surface area contributed by atoms with Crippen molar-refractivity contribution < 1.29 is 0 Å². The van der Waals surface area contributed by atoms with Gasteiger partial charge in [-0.1, -0.05) is 30.3 Å². The van der Waals surface area contributed by atoms with Crippen molar-refractivity contribution >= 4 is 0 Å². The molecule has 0 fully saturated rings. The number of hydrogen-bond acceptors (Lipinski definition) is 2. The zero-order valence-electron chi connectivity index (χ0n) is 8.22. The first kappa shape index (κ1) is 8.94. The van der Waals surface area contributed by atoms with Gasteiger partial charge in [-0.3, -0.25) is 4.68 Å². The van der Waals surface area contributed by atoms with Gasteiger partial charge < -0.3 is 0 Å². The predicted molar refractivity (Wildman–Crippen MR) is 54.9 cm³/mol. The molecule has 72 valence electrons. The third-order valence-electron chi connectivity index (χ3n) is 2.26. The van der Waals surface area contributed by atoms with E-state index in [9.17, 15) is 0 Å². The lowest BCUT2D eigenvalue weighted by molar-refractivity contribution is 0.595. The molecule has 14 heavy (non-hydrogen) atoms. The largest absolute Gasteiger partial charge is 0.250 e. The van der Waals surface area contributed by atoms with Gasteiger partial charge in [0.25, 0.3) is 0 Å². The number of aromatic nitrogens is 3. The first-order valence-electron chi connectivity index (χ1n) is 4.74. The lowest BCUT2D eigenvalue weighted by atomic mass is 10.1. The minimum atomic E-state index is 0.899. The van der Waals surface area contributed by atoms with E-state index in [4.69, 9.17) is 0 Å². The van der Waals surface area contributed by atoms with Crippen LogP contribution >= 0.6 is 0 Å². The summed E-state index contributed by atoms with van der Waals surface area (Å²) >= 11 is 0. The summed E-state index contributed by atoms with van der Waals surface area (Å²) < 4.78 is 1.92. The Kier molecular flexibility index (Phi) is 2.58. The van der Waals surface area contributed by atoms with Gasteiger partial charge in [0.05, 0.1) is 0 Å². The van der Waals surface area contributed by atoms with E-state index in [1.165, 1.54) is 5.56 Å². The Hall–Kier alpha value is -1.64. The number of rotatable bonds is 3. The molecular formula is C11H13N3. The number of benzene rings is 1. The van der Waals surface area contributed by atoms with Crippen molar-refractivity contribution in [3.05, 3.63) is 48.0 Å². The molecule has 1 heterocycles. The van der Waals surface area contributed by atoms with Crippen LogP contribution in [0.4, 0.5) is 0 Å². The lowest BCUT2D eigenvalue weighted by Crippen LogP contribution is -2.05. The summed E-state index contributed by atoms with van der Waals surface area (Å²) in [6, 6.07) is 10.4. The molecule has 0 N–H and O–H groups in total. The average molecular weight is 187 g/mol.